The van der Waals surface area contributed by atoms with Gasteiger partial charge in [0.25, 0.3) is 0 Å². The van der Waals surface area contributed by atoms with Gasteiger partial charge in [-0.05, 0) is 61.9 Å². The Hall–Kier alpha value is -2.38. The summed E-state index contributed by atoms with van der Waals surface area (Å²) in [7, 11) is 0. The topological polar surface area (TPSA) is 54.5 Å². The summed E-state index contributed by atoms with van der Waals surface area (Å²) in [6, 6.07) is 13.8. The van der Waals surface area contributed by atoms with Crippen molar-refractivity contribution in [3.8, 4) is 16.3 Å². The molecule has 2 aromatic carbocycles. The number of nitrogens with zero attached hydrogens (tertiary/aromatic N) is 2. The van der Waals surface area contributed by atoms with E-state index in [9.17, 15) is 4.79 Å². The lowest BCUT2D eigenvalue weighted by Crippen LogP contribution is -2.38. The van der Waals surface area contributed by atoms with E-state index in [0.717, 1.165) is 49.0 Å². The summed E-state index contributed by atoms with van der Waals surface area (Å²) >= 11 is 5.15. The van der Waals surface area contributed by atoms with Crippen LogP contribution in [-0.2, 0) is 13.0 Å². The zero-order chi connectivity index (χ0) is 20.4. The molecule has 1 N–H and O–H groups in total. The number of aromatic nitrogens is 1. The van der Waals surface area contributed by atoms with E-state index in [1.165, 1.54) is 0 Å². The van der Waals surface area contributed by atoms with Gasteiger partial charge in [-0.1, -0.05) is 15.9 Å². The van der Waals surface area contributed by atoms with Gasteiger partial charge in [0.1, 0.15) is 10.8 Å². The van der Waals surface area contributed by atoms with Crippen LogP contribution < -0.4 is 10.1 Å². The van der Waals surface area contributed by atoms with Crippen LogP contribution in [0, 0.1) is 6.92 Å². The number of hydrogen-bond acceptors (Lipinski definition) is 4. The molecule has 3 aromatic rings. The molecule has 1 aliphatic rings. The second kappa shape index (κ2) is 8.55. The van der Waals surface area contributed by atoms with Crippen LogP contribution in [-0.4, -0.2) is 29.1 Å². The number of rotatable bonds is 4. The molecule has 2 heterocycles. The van der Waals surface area contributed by atoms with Crippen LogP contribution in [0.4, 0.5) is 10.5 Å². The lowest BCUT2D eigenvalue weighted by Gasteiger charge is -2.26. The van der Waals surface area contributed by atoms with Crippen molar-refractivity contribution < 1.29 is 9.53 Å². The van der Waals surface area contributed by atoms with Crippen molar-refractivity contribution in [3.63, 3.8) is 0 Å². The number of thiazole rings is 1. The van der Waals surface area contributed by atoms with Crippen molar-refractivity contribution in [1.82, 2.24) is 9.88 Å². The summed E-state index contributed by atoms with van der Waals surface area (Å²) in [4.78, 5) is 20.5. The lowest BCUT2D eigenvalue weighted by molar-refractivity contribution is 0.207. The Bertz CT molecular complexity index is 1030. The minimum atomic E-state index is -0.0756. The van der Waals surface area contributed by atoms with Crippen molar-refractivity contribution in [3.05, 3.63) is 63.1 Å². The van der Waals surface area contributed by atoms with Gasteiger partial charge in [-0.2, -0.15) is 0 Å². The Balaban J connectivity index is 1.45. The minimum Gasteiger partial charge on any atom is -0.494 e. The molecule has 150 valence electrons. The third-order valence-electron chi connectivity index (χ3n) is 4.84. The Morgan fingerprint density at radius 3 is 2.79 bits per heavy atom. The van der Waals surface area contributed by atoms with E-state index in [2.05, 4.69) is 21.2 Å². The van der Waals surface area contributed by atoms with Crippen molar-refractivity contribution in [2.24, 2.45) is 0 Å². The van der Waals surface area contributed by atoms with Gasteiger partial charge in [0.15, 0.2) is 0 Å². The molecule has 0 radical (unpaired) electrons. The van der Waals surface area contributed by atoms with Crippen LogP contribution in [0.3, 0.4) is 0 Å². The number of ether oxygens (including phenoxy) is 1. The van der Waals surface area contributed by atoms with Gasteiger partial charge in [0.05, 0.1) is 18.8 Å². The van der Waals surface area contributed by atoms with Crippen molar-refractivity contribution in [2.75, 3.05) is 18.5 Å². The van der Waals surface area contributed by atoms with Gasteiger partial charge in [0, 0.05) is 33.6 Å². The molecule has 0 unspecified atom stereocenters. The number of urea groups is 1. The van der Waals surface area contributed by atoms with Gasteiger partial charge < -0.3 is 15.0 Å². The SMILES string of the molecule is CCOc1ccc(-c2nc3c(s2)CN(C(=O)Nc2ccc(Br)c(C)c2)CC3)cc1. The van der Waals surface area contributed by atoms with Gasteiger partial charge in [-0.3, -0.25) is 0 Å². The predicted octanol–water partition coefficient (Wildman–Crippen LogP) is 5.87. The Labute approximate surface area is 182 Å². The van der Waals surface area contributed by atoms with Crippen LogP contribution in [0.15, 0.2) is 46.9 Å². The summed E-state index contributed by atoms with van der Waals surface area (Å²) in [5.74, 6) is 0.864. The molecule has 0 saturated carbocycles. The molecule has 0 bridgehead atoms. The number of aryl methyl sites for hydroxylation is 1. The van der Waals surface area contributed by atoms with E-state index >= 15 is 0 Å². The van der Waals surface area contributed by atoms with Crippen LogP contribution in [0.5, 0.6) is 5.75 Å². The summed E-state index contributed by atoms with van der Waals surface area (Å²) in [5.41, 5.74) is 4.07. The van der Waals surface area contributed by atoms with E-state index in [1.54, 1.807) is 11.3 Å². The Morgan fingerprint density at radius 2 is 2.07 bits per heavy atom. The minimum absolute atomic E-state index is 0.0756. The number of amides is 2. The molecule has 0 aliphatic carbocycles. The number of halogens is 1. The first-order chi connectivity index (χ1) is 14.0. The van der Waals surface area contributed by atoms with Gasteiger partial charge in [-0.15, -0.1) is 11.3 Å². The second-order valence-corrected chi connectivity index (χ2v) is 8.85. The zero-order valence-corrected chi connectivity index (χ0v) is 18.8. The third kappa shape index (κ3) is 4.46. The van der Waals surface area contributed by atoms with E-state index in [1.807, 2.05) is 61.2 Å². The van der Waals surface area contributed by atoms with Crippen LogP contribution in [0.1, 0.15) is 23.1 Å². The average molecular weight is 472 g/mol. The highest BCUT2D eigenvalue weighted by molar-refractivity contribution is 9.10. The summed E-state index contributed by atoms with van der Waals surface area (Å²) in [5, 5.41) is 3.99. The normalized spacial score (nSPS) is 13.1. The maximum absolute atomic E-state index is 12.7. The maximum Gasteiger partial charge on any atom is 0.322 e. The summed E-state index contributed by atoms with van der Waals surface area (Å²) in [6.07, 6.45) is 0.773. The second-order valence-electron chi connectivity index (χ2n) is 6.91. The number of carbonyl (C=O) groups excluding carboxylic acids is 1. The largest absolute Gasteiger partial charge is 0.494 e. The molecule has 4 rings (SSSR count). The fourth-order valence-electron chi connectivity index (χ4n) is 3.28. The van der Waals surface area contributed by atoms with E-state index in [-0.39, 0.29) is 6.03 Å². The standard InChI is InChI=1S/C22H22BrN3O2S/c1-3-28-17-7-4-15(5-8-17)21-25-19-10-11-26(13-20(19)29-21)22(27)24-16-6-9-18(23)14(2)12-16/h4-9,12H,3,10-11,13H2,1-2H3,(H,24,27). The van der Waals surface area contributed by atoms with Crippen molar-refractivity contribution in [2.45, 2.75) is 26.8 Å². The highest BCUT2D eigenvalue weighted by Gasteiger charge is 2.24. The lowest BCUT2D eigenvalue weighted by atomic mass is 10.2. The first-order valence-corrected chi connectivity index (χ1v) is 11.2. The number of anilines is 1. The Morgan fingerprint density at radius 1 is 1.28 bits per heavy atom. The quantitative estimate of drug-likeness (QED) is 0.517. The highest BCUT2D eigenvalue weighted by atomic mass is 79.9. The van der Waals surface area contributed by atoms with Gasteiger partial charge >= 0.3 is 6.03 Å². The molecule has 0 fully saturated rings. The first kappa shape index (κ1) is 19.9. The molecular formula is C22H22BrN3O2S. The molecule has 7 heteroatoms. The highest BCUT2D eigenvalue weighted by Crippen LogP contribution is 2.32. The van der Waals surface area contributed by atoms with Crippen LogP contribution in [0.2, 0.25) is 0 Å². The van der Waals surface area contributed by atoms with Crippen molar-refractivity contribution >= 4 is 39.0 Å². The molecule has 0 saturated heterocycles. The number of nitrogens with one attached hydrogen (secondary N) is 1. The number of fused-ring (bicyclic) bond motifs is 1. The summed E-state index contributed by atoms with van der Waals surface area (Å²) in [6.45, 7) is 5.89. The van der Waals surface area contributed by atoms with Crippen LogP contribution >= 0.6 is 27.3 Å². The summed E-state index contributed by atoms with van der Waals surface area (Å²) < 4.78 is 6.54. The van der Waals surface area contributed by atoms with E-state index in [4.69, 9.17) is 9.72 Å². The van der Waals surface area contributed by atoms with Gasteiger partial charge in [-0.25, -0.2) is 9.78 Å². The van der Waals surface area contributed by atoms with E-state index < -0.39 is 0 Å². The molecule has 5 nitrogen and oxygen atoms in total. The first-order valence-electron chi connectivity index (χ1n) is 9.57. The molecule has 1 aliphatic heterocycles. The molecule has 1 aromatic heterocycles. The number of benzene rings is 2. The molecule has 0 atom stereocenters. The number of carbonyl (C=O) groups is 1. The zero-order valence-electron chi connectivity index (χ0n) is 16.4. The fraction of sp³-hybridized carbons (Fsp3) is 0.273. The van der Waals surface area contributed by atoms with E-state index in [0.29, 0.717) is 19.7 Å². The third-order valence-corrected chi connectivity index (χ3v) is 6.86. The molecular weight excluding hydrogens is 450 g/mol. The molecule has 0 spiro atoms. The average Bonchev–Trinajstić information content (AvgIpc) is 3.15. The Kier molecular flexibility index (Phi) is 5.87. The molecule has 2 amide bonds. The molecule has 29 heavy (non-hydrogen) atoms. The number of hydrogen-bond donors (Lipinski definition) is 1. The fourth-order valence-corrected chi connectivity index (χ4v) is 4.65. The van der Waals surface area contributed by atoms with Crippen LogP contribution in [0.25, 0.3) is 10.6 Å². The van der Waals surface area contributed by atoms with Gasteiger partial charge in [0.2, 0.25) is 0 Å². The maximum atomic E-state index is 12.7. The monoisotopic (exact) mass is 471 g/mol. The van der Waals surface area contributed by atoms with Crippen molar-refractivity contribution in [1.29, 1.82) is 0 Å². The predicted molar refractivity (Wildman–Crippen MR) is 121 cm³/mol. The smallest absolute Gasteiger partial charge is 0.322 e.